The van der Waals surface area contributed by atoms with Crippen LogP contribution in [0.4, 0.5) is 0 Å². The summed E-state index contributed by atoms with van der Waals surface area (Å²) in [7, 11) is 1.70. The highest BCUT2D eigenvalue weighted by molar-refractivity contribution is 5.96. The highest BCUT2D eigenvalue weighted by Gasteiger charge is 2.21. The molecule has 1 aromatic carbocycles. The van der Waals surface area contributed by atoms with Crippen LogP contribution in [-0.2, 0) is 11.3 Å². The third kappa shape index (κ3) is 3.49. The Hall–Kier alpha value is -2.46. The fourth-order valence-electron chi connectivity index (χ4n) is 3.58. The number of fused-ring (bicyclic) bond motifs is 1. The molecule has 0 radical (unpaired) electrons. The van der Waals surface area contributed by atoms with Crippen LogP contribution in [-0.4, -0.2) is 24.1 Å². The van der Waals surface area contributed by atoms with E-state index in [-0.39, 0.29) is 11.8 Å². The van der Waals surface area contributed by atoms with Gasteiger partial charge in [0, 0.05) is 35.5 Å². The number of Topliss-reactive ketones (excluding diaryl/α,β-unsaturated/α-hetero) is 1. The fourth-order valence-corrected chi connectivity index (χ4v) is 3.58. The molecule has 4 heteroatoms. The first-order valence-electron chi connectivity index (χ1n) is 8.59. The van der Waals surface area contributed by atoms with Crippen LogP contribution in [0.25, 0.3) is 10.8 Å². The zero-order chi connectivity index (χ0) is 18.0. The zero-order valence-corrected chi connectivity index (χ0v) is 15.3. The van der Waals surface area contributed by atoms with E-state index >= 15 is 0 Å². The van der Waals surface area contributed by atoms with E-state index < -0.39 is 0 Å². The molecule has 130 valence electrons. The average molecular weight is 337 g/mol. The molecule has 0 unspecified atom stereocenters. The Balaban J connectivity index is 1.86. The lowest BCUT2D eigenvalue weighted by molar-refractivity contribution is -0.681. The summed E-state index contributed by atoms with van der Waals surface area (Å²) in [5.74, 6) is 0.129. The summed E-state index contributed by atoms with van der Waals surface area (Å²) < 4.78 is 9.40. The van der Waals surface area contributed by atoms with Crippen molar-refractivity contribution in [2.24, 2.45) is 0 Å². The Kier molecular flexibility index (Phi) is 5.00. The number of rotatable bonds is 6. The summed E-state index contributed by atoms with van der Waals surface area (Å²) >= 11 is 0. The molecule has 2 aromatic heterocycles. The number of aromatic nitrogens is 2. The van der Waals surface area contributed by atoms with Gasteiger partial charge < -0.3 is 9.30 Å². The van der Waals surface area contributed by atoms with E-state index in [0.29, 0.717) is 13.2 Å². The third-order valence-corrected chi connectivity index (χ3v) is 4.71. The van der Waals surface area contributed by atoms with Crippen LogP contribution < -0.4 is 4.57 Å². The lowest BCUT2D eigenvalue weighted by atomic mass is 10.1. The number of nitrogens with zero attached hydrogens (tertiary/aromatic N) is 2. The van der Waals surface area contributed by atoms with Crippen LogP contribution in [0.15, 0.2) is 48.8 Å². The Morgan fingerprint density at radius 2 is 1.92 bits per heavy atom. The molecule has 3 aromatic rings. The number of methoxy groups -OCH3 is 1. The topological polar surface area (TPSA) is 35.1 Å². The molecule has 0 saturated carbocycles. The molecule has 3 rings (SSSR count). The van der Waals surface area contributed by atoms with E-state index in [1.807, 2.05) is 55.1 Å². The quantitative estimate of drug-likeness (QED) is 0.508. The molecular formula is C21H25N2O2+. The zero-order valence-electron chi connectivity index (χ0n) is 15.3. The molecule has 4 nitrogen and oxygen atoms in total. The summed E-state index contributed by atoms with van der Waals surface area (Å²) in [5, 5.41) is 2.31. The van der Waals surface area contributed by atoms with Gasteiger partial charge in [0.05, 0.1) is 12.6 Å². The van der Waals surface area contributed by atoms with Gasteiger partial charge in [0.2, 0.25) is 12.3 Å². The number of benzene rings is 1. The lowest BCUT2D eigenvalue weighted by Crippen LogP contribution is -2.37. The Morgan fingerprint density at radius 3 is 2.64 bits per heavy atom. The number of pyridine rings is 1. The normalized spacial score (nSPS) is 12.5. The molecule has 0 aliphatic rings. The predicted octanol–water partition coefficient (Wildman–Crippen LogP) is 3.64. The minimum absolute atomic E-state index is 0.129. The summed E-state index contributed by atoms with van der Waals surface area (Å²) in [6, 6.07) is 12.4. The first kappa shape index (κ1) is 17.4. The highest BCUT2D eigenvalue weighted by Crippen LogP contribution is 2.21. The minimum atomic E-state index is 0.129. The van der Waals surface area contributed by atoms with E-state index in [4.69, 9.17) is 4.74 Å². The van der Waals surface area contributed by atoms with Gasteiger partial charge in [-0.1, -0.05) is 18.2 Å². The van der Waals surface area contributed by atoms with E-state index in [9.17, 15) is 4.79 Å². The van der Waals surface area contributed by atoms with Crippen molar-refractivity contribution in [3.8, 4) is 0 Å². The SMILES string of the molecule is COC[C@@H](C)n1c(C)cc(C(=O)C[n+]2ccc3ccccc3c2)c1C. The second-order valence-corrected chi connectivity index (χ2v) is 6.63. The number of ether oxygens (including phenoxy) is 1. The highest BCUT2D eigenvalue weighted by atomic mass is 16.5. The molecule has 1 atom stereocenters. The number of carbonyl (C=O) groups excluding carboxylic acids is 1. The number of hydrogen-bond donors (Lipinski definition) is 0. The lowest BCUT2D eigenvalue weighted by Gasteiger charge is -2.17. The van der Waals surface area contributed by atoms with Crippen LogP contribution in [0, 0.1) is 13.8 Å². The van der Waals surface area contributed by atoms with Gasteiger partial charge in [-0.3, -0.25) is 4.79 Å². The predicted molar refractivity (Wildman–Crippen MR) is 99.0 cm³/mol. The van der Waals surface area contributed by atoms with Crippen molar-refractivity contribution >= 4 is 16.6 Å². The van der Waals surface area contributed by atoms with Crippen LogP contribution in [0.5, 0.6) is 0 Å². The van der Waals surface area contributed by atoms with E-state index in [1.54, 1.807) is 7.11 Å². The minimum Gasteiger partial charge on any atom is -0.383 e. The fraction of sp³-hybridized carbons (Fsp3) is 0.333. The molecule has 0 bridgehead atoms. The Bertz CT molecular complexity index is 911. The first-order valence-corrected chi connectivity index (χ1v) is 8.59. The number of aryl methyl sites for hydroxylation is 1. The molecule has 0 aliphatic heterocycles. The first-order chi connectivity index (χ1) is 12.0. The summed E-state index contributed by atoms with van der Waals surface area (Å²) in [5.41, 5.74) is 2.89. The van der Waals surface area contributed by atoms with E-state index in [1.165, 1.54) is 5.39 Å². The Labute approximate surface area is 148 Å². The maximum absolute atomic E-state index is 12.9. The van der Waals surface area contributed by atoms with Crippen molar-refractivity contribution in [2.75, 3.05) is 13.7 Å². The molecular weight excluding hydrogens is 312 g/mol. The van der Waals surface area contributed by atoms with Gasteiger partial charge in [0.25, 0.3) is 0 Å². The molecule has 0 N–H and O–H groups in total. The summed E-state index contributed by atoms with van der Waals surface area (Å²) in [4.78, 5) is 12.9. The van der Waals surface area contributed by atoms with Crippen molar-refractivity contribution in [1.82, 2.24) is 4.57 Å². The van der Waals surface area contributed by atoms with Crippen molar-refractivity contribution in [2.45, 2.75) is 33.4 Å². The van der Waals surface area contributed by atoms with Gasteiger partial charge in [0.1, 0.15) is 0 Å². The van der Waals surface area contributed by atoms with Gasteiger partial charge in [-0.15, -0.1) is 0 Å². The maximum Gasteiger partial charge on any atom is 0.229 e. The number of ketones is 1. The van der Waals surface area contributed by atoms with E-state index in [0.717, 1.165) is 22.3 Å². The smallest absolute Gasteiger partial charge is 0.229 e. The van der Waals surface area contributed by atoms with Gasteiger partial charge >= 0.3 is 0 Å². The molecule has 0 aliphatic carbocycles. The molecule has 0 spiro atoms. The summed E-state index contributed by atoms with van der Waals surface area (Å²) in [6.45, 7) is 7.13. The van der Waals surface area contributed by atoms with Gasteiger partial charge in [-0.2, -0.15) is 4.57 Å². The van der Waals surface area contributed by atoms with Crippen molar-refractivity contribution < 1.29 is 14.1 Å². The standard InChI is InChI=1S/C21H25N2O2/c1-15-11-20(17(3)23(15)16(2)14-25-4)21(24)13-22-10-9-18-7-5-6-8-19(18)12-22/h5-12,16H,13-14H2,1-4H3/q+1/t16-/m1/s1. The second kappa shape index (κ2) is 7.19. The van der Waals surface area contributed by atoms with Crippen molar-refractivity contribution in [1.29, 1.82) is 0 Å². The number of carbonyl (C=O) groups is 1. The van der Waals surface area contributed by atoms with Crippen LogP contribution >= 0.6 is 0 Å². The van der Waals surface area contributed by atoms with Gasteiger partial charge in [-0.05, 0) is 38.3 Å². The molecule has 25 heavy (non-hydrogen) atoms. The van der Waals surface area contributed by atoms with Crippen LogP contribution in [0.1, 0.15) is 34.7 Å². The molecule has 0 amide bonds. The van der Waals surface area contributed by atoms with Crippen molar-refractivity contribution in [3.05, 3.63) is 65.7 Å². The molecule has 0 fully saturated rings. The third-order valence-electron chi connectivity index (χ3n) is 4.71. The molecule has 2 heterocycles. The average Bonchev–Trinajstić information content (AvgIpc) is 2.89. The Morgan fingerprint density at radius 1 is 1.20 bits per heavy atom. The second-order valence-electron chi connectivity index (χ2n) is 6.63. The summed E-state index contributed by atoms with van der Waals surface area (Å²) in [6.07, 6.45) is 3.99. The van der Waals surface area contributed by atoms with Gasteiger partial charge in [-0.25, -0.2) is 0 Å². The molecule has 0 saturated heterocycles. The number of hydrogen-bond acceptors (Lipinski definition) is 2. The largest absolute Gasteiger partial charge is 0.383 e. The van der Waals surface area contributed by atoms with Crippen LogP contribution in [0.2, 0.25) is 0 Å². The van der Waals surface area contributed by atoms with Gasteiger partial charge in [0.15, 0.2) is 12.4 Å². The van der Waals surface area contributed by atoms with Crippen molar-refractivity contribution in [3.63, 3.8) is 0 Å². The van der Waals surface area contributed by atoms with E-state index in [2.05, 4.69) is 23.6 Å². The van der Waals surface area contributed by atoms with Crippen LogP contribution in [0.3, 0.4) is 0 Å². The maximum atomic E-state index is 12.9. The monoisotopic (exact) mass is 337 g/mol.